The van der Waals surface area contributed by atoms with E-state index in [1.807, 2.05) is 13.0 Å². The van der Waals surface area contributed by atoms with Crippen LogP contribution in [0.3, 0.4) is 0 Å². The van der Waals surface area contributed by atoms with E-state index in [4.69, 9.17) is 18.9 Å². The average Bonchev–Trinajstić information content (AvgIpc) is 2.89. The van der Waals surface area contributed by atoms with Crippen LogP contribution in [0.5, 0.6) is 0 Å². The van der Waals surface area contributed by atoms with Crippen molar-refractivity contribution in [3.8, 4) is 0 Å². The highest BCUT2D eigenvalue weighted by molar-refractivity contribution is 5.87. The highest BCUT2D eigenvalue weighted by atomic mass is 16.7. The summed E-state index contributed by atoms with van der Waals surface area (Å²) in [5, 5.41) is 12.4. The fraction of sp³-hybridized carbons (Fsp3) is 0.733. The second-order valence-electron chi connectivity index (χ2n) is 11.3. The van der Waals surface area contributed by atoms with Crippen LogP contribution in [0.15, 0.2) is 36.0 Å². The van der Waals surface area contributed by atoms with Crippen molar-refractivity contribution in [2.45, 2.75) is 103 Å². The number of aliphatic hydroxyl groups excluding tert-OH is 1. The molecule has 2 N–H and O–H groups in total. The number of nitrogens with one attached hydrogen (secondary N) is 1. The summed E-state index contributed by atoms with van der Waals surface area (Å²) in [6.07, 6.45) is 13.2. The van der Waals surface area contributed by atoms with E-state index >= 15 is 0 Å². The normalized spacial score (nSPS) is 26.5. The second kappa shape index (κ2) is 16.8. The summed E-state index contributed by atoms with van der Waals surface area (Å²) in [4.78, 5) is 25.9. The highest BCUT2D eigenvalue weighted by Gasteiger charge is 2.33. The van der Waals surface area contributed by atoms with Gasteiger partial charge in [-0.15, -0.1) is 0 Å². The molecule has 0 spiro atoms. The topological polar surface area (TPSA) is 107 Å². The van der Waals surface area contributed by atoms with E-state index in [1.54, 1.807) is 24.9 Å². The summed E-state index contributed by atoms with van der Waals surface area (Å²) in [5.74, 6) is -0.0315. The molecule has 2 aliphatic heterocycles. The van der Waals surface area contributed by atoms with Gasteiger partial charge in [0.1, 0.15) is 6.10 Å². The molecule has 0 aromatic heterocycles. The lowest BCUT2D eigenvalue weighted by Crippen LogP contribution is -2.46. The van der Waals surface area contributed by atoms with Crippen molar-refractivity contribution < 1.29 is 35.1 Å². The molecule has 0 saturated carbocycles. The van der Waals surface area contributed by atoms with Crippen LogP contribution in [-0.4, -0.2) is 85.6 Å². The van der Waals surface area contributed by atoms with E-state index in [1.165, 1.54) is 6.08 Å². The Bertz CT molecular complexity index is 853. The zero-order valence-corrected chi connectivity index (χ0v) is 24.7. The number of hydrogen-bond acceptors (Lipinski definition) is 7. The first kappa shape index (κ1) is 33.0. The van der Waals surface area contributed by atoms with Gasteiger partial charge in [-0.25, -0.2) is 4.79 Å². The van der Waals surface area contributed by atoms with Crippen LogP contribution >= 0.6 is 0 Å². The molecule has 9 heteroatoms. The van der Waals surface area contributed by atoms with E-state index in [2.05, 4.69) is 38.2 Å². The van der Waals surface area contributed by atoms with Gasteiger partial charge in [-0.1, -0.05) is 43.6 Å². The van der Waals surface area contributed by atoms with Gasteiger partial charge in [0.25, 0.3) is 0 Å². The number of nitrogens with zero attached hydrogens (tertiary/aromatic N) is 1. The largest absolute Gasteiger partial charge is 0.442 e. The van der Waals surface area contributed by atoms with Crippen molar-refractivity contribution in [2.75, 3.05) is 33.4 Å². The fourth-order valence-electron chi connectivity index (χ4n) is 4.69. The Morgan fingerprint density at radius 1 is 1.23 bits per heavy atom. The first-order valence-corrected chi connectivity index (χ1v) is 14.3. The highest BCUT2D eigenvalue weighted by Crippen LogP contribution is 2.32. The molecule has 2 aliphatic rings. The lowest BCUT2D eigenvalue weighted by atomic mass is 9.86. The third-order valence-electron chi connectivity index (χ3n) is 6.81. The van der Waals surface area contributed by atoms with Gasteiger partial charge in [0.2, 0.25) is 5.91 Å². The Morgan fingerprint density at radius 3 is 2.62 bits per heavy atom. The van der Waals surface area contributed by atoms with E-state index in [-0.39, 0.29) is 43.9 Å². The number of hydrogen-bond donors (Lipinski definition) is 2. The van der Waals surface area contributed by atoms with Gasteiger partial charge >= 0.3 is 6.09 Å². The summed E-state index contributed by atoms with van der Waals surface area (Å²) < 4.78 is 23.0. The lowest BCUT2D eigenvalue weighted by molar-refractivity contribution is -0.187. The molecule has 2 saturated heterocycles. The zero-order valence-electron chi connectivity index (χ0n) is 24.7. The Hall–Kier alpha value is -2.20. The number of aliphatic hydroxyl groups is 1. The van der Waals surface area contributed by atoms with Gasteiger partial charge in [0.05, 0.1) is 31.0 Å². The summed E-state index contributed by atoms with van der Waals surface area (Å²) >= 11 is 0. The van der Waals surface area contributed by atoms with Crippen molar-refractivity contribution in [1.29, 1.82) is 0 Å². The van der Waals surface area contributed by atoms with Crippen LogP contribution in [0.1, 0.15) is 74.6 Å². The van der Waals surface area contributed by atoms with Gasteiger partial charge in [0.15, 0.2) is 6.29 Å². The summed E-state index contributed by atoms with van der Waals surface area (Å²) in [6, 6.07) is -0.253. The Labute approximate surface area is 236 Å². The minimum absolute atomic E-state index is 0. The molecule has 0 aromatic rings. The van der Waals surface area contributed by atoms with Crippen molar-refractivity contribution in [2.24, 2.45) is 5.92 Å². The molecule has 2 fully saturated rings. The predicted molar refractivity (Wildman–Crippen MR) is 153 cm³/mol. The minimum atomic E-state index is -0.517. The molecule has 2 rings (SSSR count). The number of ether oxygens (including phenoxy) is 4. The number of rotatable bonds is 13. The first-order valence-electron chi connectivity index (χ1n) is 14.3. The molecule has 0 unspecified atom stereocenters. The van der Waals surface area contributed by atoms with Crippen LogP contribution in [-0.2, 0) is 23.7 Å². The van der Waals surface area contributed by atoms with Crippen molar-refractivity contribution in [1.82, 2.24) is 10.2 Å². The van der Waals surface area contributed by atoms with Crippen molar-refractivity contribution >= 4 is 12.0 Å². The first-order chi connectivity index (χ1) is 18.5. The van der Waals surface area contributed by atoms with E-state index in [9.17, 15) is 14.7 Å². The SMILES string of the molecule is CCCCCN(C)C(=O)O[C@@H](C)/C=C\C(=O)NC1COC(C/C=C(C)/C=C/[C@@H]2C[C@H](CO)CC(C)(C)O2)OC1.[HH]. The van der Waals surface area contributed by atoms with Gasteiger partial charge in [-0.05, 0) is 59.0 Å². The molecule has 3 atom stereocenters. The second-order valence-corrected chi connectivity index (χ2v) is 11.3. The molecule has 39 heavy (non-hydrogen) atoms. The number of carbonyl (C=O) groups is 2. The molecule has 2 heterocycles. The maximum atomic E-state index is 12.3. The third kappa shape index (κ3) is 13.1. The van der Waals surface area contributed by atoms with E-state index in [0.29, 0.717) is 26.2 Å². The molecule has 0 radical (unpaired) electrons. The maximum Gasteiger partial charge on any atom is 0.410 e. The van der Waals surface area contributed by atoms with Crippen molar-refractivity contribution in [3.05, 3.63) is 36.0 Å². The van der Waals surface area contributed by atoms with Gasteiger partial charge < -0.3 is 34.3 Å². The Balaban J connectivity index is 0.00000800. The van der Waals surface area contributed by atoms with Crippen LogP contribution in [0.4, 0.5) is 4.79 Å². The van der Waals surface area contributed by atoms with Crippen LogP contribution in [0, 0.1) is 5.92 Å². The van der Waals surface area contributed by atoms with E-state index in [0.717, 1.165) is 37.7 Å². The van der Waals surface area contributed by atoms with Gasteiger partial charge in [-0.3, -0.25) is 4.79 Å². The molecule has 9 nitrogen and oxygen atoms in total. The third-order valence-corrected chi connectivity index (χ3v) is 6.81. The smallest absolute Gasteiger partial charge is 0.410 e. The van der Waals surface area contributed by atoms with Crippen LogP contribution < -0.4 is 5.32 Å². The molecule has 224 valence electrons. The molecular weight excluding hydrogens is 500 g/mol. The monoisotopic (exact) mass is 552 g/mol. The minimum Gasteiger partial charge on any atom is -0.442 e. The lowest BCUT2D eigenvalue weighted by Gasteiger charge is -2.39. The van der Waals surface area contributed by atoms with Gasteiger partial charge in [0, 0.05) is 34.1 Å². The van der Waals surface area contributed by atoms with E-state index < -0.39 is 12.2 Å². The maximum absolute atomic E-state index is 12.3. The number of carbonyl (C=O) groups excluding carboxylic acids is 2. The van der Waals surface area contributed by atoms with Gasteiger partial charge in [-0.2, -0.15) is 0 Å². The predicted octanol–water partition coefficient (Wildman–Crippen LogP) is 4.75. The molecule has 0 aromatic carbocycles. The Kier molecular flexibility index (Phi) is 14.2. The Morgan fingerprint density at radius 2 is 1.95 bits per heavy atom. The average molecular weight is 553 g/mol. The standard InChI is InChI=1S/C30H50N2O7.H2/c1-7-8-9-16-32(6)29(35)38-23(3)12-14-27(34)31-25-20-36-28(37-21-25)15-11-22(2)10-13-26-17-24(19-33)18-30(4,5)39-26;/h10-14,23-26,28,33H,7-9,15-21H2,1-6H3,(H,31,34);1H/b13-10+,14-12-,22-11+;/t23-,24-,25?,26+,28?;/m0./s1. The number of unbranched alkanes of at least 4 members (excludes halogenated alkanes) is 2. The molecule has 0 aliphatic carbocycles. The number of amides is 2. The quantitative estimate of drug-likeness (QED) is 0.193. The summed E-state index contributed by atoms with van der Waals surface area (Å²) in [5.41, 5.74) is 0.844. The summed E-state index contributed by atoms with van der Waals surface area (Å²) in [6.45, 7) is 11.5. The number of allylic oxidation sites excluding steroid dienone is 2. The van der Waals surface area contributed by atoms with Crippen LogP contribution in [0.2, 0.25) is 0 Å². The fourth-order valence-corrected chi connectivity index (χ4v) is 4.69. The summed E-state index contributed by atoms with van der Waals surface area (Å²) in [7, 11) is 1.71. The molecule has 0 bridgehead atoms. The van der Waals surface area contributed by atoms with Crippen molar-refractivity contribution in [3.63, 3.8) is 0 Å². The van der Waals surface area contributed by atoms with Crippen LogP contribution in [0.25, 0.3) is 0 Å². The molecular formula is C30H52N2O7. The molecule has 2 amide bonds. The zero-order chi connectivity index (χ0) is 28.8.